The highest BCUT2D eigenvalue weighted by atomic mass is 35.5. The van der Waals surface area contributed by atoms with Crippen molar-refractivity contribution < 1.29 is 18.7 Å². The third kappa shape index (κ3) is 3.17. The fraction of sp³-hybridized carbons (Fsp3) is 0.182. The van der Waals surface area contributed by atoms with E-state index in [-0.39, 0.29) is 11.4 Å². The third-order valence-corrected chi connectivity index (χ3v) is 2.42. The van der Waals surface area contributed by atoms with Crippen LogP contribution in [0.3, 0.4) is 0 Å². The van der Waals surface area contributed by atoms with Gasteiger partial charge < -0.3 is 10.4 Å². The molecule has 0 aliphatic carbocycles. The van der Waals surface area contributed by atoms with Crippen molar-refractivity contribution in [3.05, 3.63) is 47.0 Å². The zero-order valence-electron chi connectivity index (χ0n) is 8.71. The first-order valence-electron chi connectivity index (χ1n) is 4.71. The molecular weight excluding hydrogens is 252 g/mol. The summed E-state index contributed by atoms with van der Waals surface area (Å²) in [7, 11) is 0. The molecule has 0 aliphatic rings. The second-order valence-electron chi connectivity index (χ2n) is 3.28. The smallest absolute Gasteiger partial charge is 0.405 e. The molecule has 0 bridgehead atoms. The molecule has 0 fully saturated rings. The topological polar surface area (TPSA) is 49.3 Å². The molecule has 2 N–H and O–H groups in total. The number of amides is 1. The Hall–Kier alpha value is -1.62. The van der Waals surface area contributed by atoms with Crippen molar-refractivity contribution in [3.8, 4) is 0 Å². The van der Waals surface area contributed by atoms with Crippen LogP contribution >= 0.6 is 11.6 Å². The van der Waals surface area contributed by atoms with Gasteiger partial charge in [-0.25, -0.2) is 13.6 Å². The van der Waals surface area contributed by atoms with E-state index in [9.17, 15) is 13.6 Å². The summed E-state index contributed by atoms with van der Waals surface area (Å²) in [6.45, 7) is 3.40. The first-order chi connectivity index (χ1) is 7.97. The summed E-state index contributed by atoms with van der Waals surface area (Å²) in [6, 6.07) is 1.01. The summed E-state index contributed by atoms with van der Waals surface area (Å²) in [6.07, 6.45) is 0.0385. The second kappa shape index (κ2) is 5.63. The molecule has 0 aromatic heterocycles. The Morgan fingerprint density at radius 2 is 2.24 bits per heavy atom. The highest BCUT2D eigenvalue weighted by Crippen LogP contribution is 2.28. The first kappa shape index (κ1) is 13.4. The van der Waals surface area contributed by atoms with E-state index < -0.39 is 29.3 Å². The molecule has 0 saturated heterocycles. The quantitative estimate of drug-likeness (QED) is 0.644. The van der Waals surface area contributed by atoms with E-state index in [1.807, 2.05) is 5.32 Å². The number of nitrogens with one attached hydrogen (secondary N) is 1. The molecule has 1 amide bonds. The van der Waals surface area contributed by atoms with Gasteiger partial charge in [0.1, 0.15) is 11.6 Å². The lowest BCUT2D eigenvalue weighted by atomic mass is 10.0. The van der Waals surface area contributed by atoms with Gasteiger partial charge >= 0.3 is 6.09 Å². The molecule has 0 aliphatic heterocycles. The molecule has 1 atom stereocenters. The van der Waals surface area contributed by atoms with Gasteiger partial charge in [0.05, 0.1) is 11.1 Å². The van der Waals surface area contributed by atoms with E-state index >= 15 is 0 Å². The fourth-order valence-corrected chi connectivity index (χ4v) is 1.59. The lowest BCUT2D eigenvalue weighted by molar-refractivity contribution is 0.189. The van der Waals surface area contributed by atoms with E-state index in [4.69, 9.17) is 16.7 Å². The Labute approximate surface area is 102 Å². The molecule has 1 rings (SSSR count). The first-order valence-corrected chi connectivity index (χ1v) is 5.09. The van der Waals surface area contributed by atoms with Crippen LogP contribution in [0, 0.1) is 11.6 Å². The van der Waals surface area contributed by atoms with Gasteiger partial charge in [0, 0.05) is 5.56 Å². The Morgan fingerprint density at radius 3 is 2.76 bits per heavy atom. The van der Waals surface area contributed by atoms with Crippen LogP contribution in [0.25, 0.3) is 0 Å². The maximum absolute atomic E-state index is 13.6. The molecular formula is C11H10ClF2NO2. The van der Waals surface area contributed by atoms with Crippen molar-refractivity contribution in [2.24, 2.45) is 0 Å². The fourth-order valence-electron chi connectivity index (χ4n) is 1.43. The molecule has 92 valence electrons. The lowest BCUT2D eigenvalue weighted by Gasteiger charge is -2.17. The van der Waals surface area contributed by atoms with Crippen LogP contribution in [0.1, 0.15) is 18.0 Å². The maximum Gasteiger partial charge on any atom is 0.405 e. The predicted molar refractivity (Wildman–Crippen MR) is 60.1 cm³/mol. The van der Waals surface area contributed by atoms with E-state index in [0.717, 1.165) is 12.1 Å². The minimum atomic E-state index is -1.38. The molecule has 1 aromatic rings. The average Bonchev–Trinajstić information content (AvgIpc) is 2.23. The van der Waals surface area contributed by atoms with E-state index in [2.05, 4.69) is 6.58 Å². The monoisotopic (exact) mass is 261 g/mol. The molecule has 6 heteroatoms. The SMILES string of the molecule is C=CCC(NC(=O)O)c1c(F)ccc(Cl)c1F. The van der Waals surface area contributed by atoms with Crippen LogP contribution < -0.4 is 5.32 Å². The van der Waals surface area contributed by atoms with Crippen molar-refractivity contribution in [1.82, 2.24) is 5.32 Å². The van der Waals surface area contributed by atoms with Crippen LogP contribution in [-0.2, 0) is 0 Å². The Balaban J connectivity index is 3.21. The van der Waals surface area contributed by atoms with Crippen LogP contribution in [0.15, 0.2) is 24.8 Å². The molecule has 1 unspecified atom stereocenters. The van der Waals surface area contributed by atoms with Crippen molar-refractivity contribution in [1.29, 1.82) is 0 Å². The number of carbonyl (C=O) groups is 1. The Kier molecular flexibility index (Phi) is 4.45. The largest absolute Gasteiger partial charge is 0.465 e. The van der Waals surface area contributed by atoms with Gasteiger partial charge in [-0.2, -0.15) is 0 Å². The molecule has 3 nitrogen and oxygen atoms in total. The van der Waals surface area contributed by atoms with Crippen molar-refractivity contribution in [2.75, 3.05) is 0 Å². The molecule has 0 radical (unpaired) electrons. The van der Waals surface area contributed by atoms with Gasteiger partial charge in [-0.3, -0.25) is 0 Å². The minimum Gasteiger partial charge on any atom is -0.465 e. The lowest BCUT2D eigenvalue weighted by Crippen LogP contribution is -2.28. The van der Waals surface area contributed by atoms with E-state index in [1.54, 1.807) is 0 Å². The van der Waals surface area contributed by atoms with Gasteiger partial charge in [-0.05, 0) is 18.6 Å². The van der Waals surface area contributed by atoms with Gasteiger partial charge in [0.15, 0.2) is 0 Å². The number of benzene rings is 1. The van der Waals surface area contributed by atoms with Gasteiger partial charge in [0.25, 0.3) is 0 Å². The van der Waals surface area contributed by atoms with Crippen molar-refractivity contribution in [3.63, 3.8) is 0 Å². The Morgan fingerprint density at radius 1 is 1.59 bits per heavy atom. The van der Waals surface area contributed by atoms with Gasteiger partial charge in [-0.1, -0.05) is 17.7 Å². The van der Waals surface area contributed by atoms with Gasteiger partial charge in [0.2, 0.25) is 0 Å². The van der Waals surface area contributed by atoms with Crippen LogP contribution in [0.2, 0.25) is 5.02 Å². The summed E-state index contributed by atoms with van der Waals surface area (Å²) in [5, 5.41) is 10.4. The zero-order chi connectivity index (χ0) is 13.0. The second-order valence-corrected chi connectivity index (χ2v) is 3.69. The normalized spacial score (nSPS) is 11.9. The third-order valence-electron chi connectivity index (χ3n) is 2.13. The summed E-state index contributed by atoms with van der Waals surface area (Å²) < 4.78 is 27.1. The minimum absolute atomic E-state index is 0.0560. The Bertz CT molecular complexity index is 451. The number of rotatable bonds is 4. The zero-order valence-corrected chi connectivity index (χ0v) is 9.47. The predicted octanol–water partition coefficient (Wildman–Crippen LogP) is 3.50. The number of carboxylic acid groups (broad SMARTS) is 1. The van der Waals surface area contributed by atoms with Crippen molar-refractivity contribution in [2.45, 2.75) is 12.5 Å². The summed E-state index contributed by atoms with van der Waals surface area (Å²) in [5.74, 6) is -1.82. The summed E-state index contributed by atoms with van der Waals surface area (Å²) in [5.41, 5.74) is -0.403. The van der Waals surface area contributed by atoms with E-state index in [1.165, 1.54) is 6.08 Å². The van der Waals surface area contributed by atoms with Gasteiger partial charge in [-0.15, -0.1) is 6.58 Å². The van der Waals surface area contributed by atoms with Crippen LogP contribution in [-0.4, -0.2) is 11.2 Å². The maximum atomic E-state index is 13.6. The molecule has 0 spiro atoms. The molecule has 17 heavy (non-hydrogen) atoms. The summed E-state index contributed by atoms with van der Waals surface area (Å²) in [4.78, 5) is 10.5. The number of hydrogen-bond acceptors (Lipinski definition) is 1. The average molecular weight is 262 g/mol. The summed E-state index contributed by atoms with van der Waals surface area (Å²) >= 11 is 5.52. The van der Waals surface area contributed by atoms with Crippen LogP contribution in [0.4, 0.5) is 13.6 Å². The highest BCUT2D eigenvalue weighted by molar-refractivity contribution is 6.30. The molecule has 0 heterocycles. The number of halogens is 3. The van der Waals surface area contributed by atoms with Crippen LogP contribution in [0.5, 0.6) is 0 Å². The molecule has 0 saturated carbocycles. The molecule has 1 aromatic carbocycles. The standard InChI is InChI=1S/C11H10ClF2NO2/c1-2-3-8(15-11(16)17)9-7(13)5-4-6(12)10(9)14/h2,4-5,8,15H,1,3H2,(H,16,17). The van der Waals surface area contributed by atoms with Crippen molar-refractivity contribution >= 4 is 17.7 Å². The number of hydrogen-bond donors (Lipinski definition) is 2. The van der Waals surface area contributed by atoms with E-state index in [0.29, 0.717) is 0 Å². The highest BCUT2D eigenvalue weighted by Gasteiger charge is 2.22.